The number of carbonyl (C=O) groups excluding carboxylic acids is 1. The van der Waals surface area contributed by atoms with Crippen molar-refractivity contribution < 1.29 is 4.79 Å². The second kappa shape index (κ2) is 6.35. The number of H-pyrrole nitrogens is 1. The molecule has 1 N–H and O–H groups in total. The van der Waals surface area contributed by atoms with E-state index in [1.165, 1.54) is 11.1 Å². The second-order valence-electron chi connectivity index (χ2n) is 6.91. The van der Waals surface area contributed by atoms with Gasteiger partial charge in [0.05, 0.1) is 12.2 Å². The van der Waals surface area contributed by atoms with E-state index in [4.69, 9.17) is 0 Å². The van der Waals surface area contributed by atoms with Crippen molar-refractivity contribution >= 4 is 16.8 Å². The van der Waals surface area contributed by atoms with E-state index in [2.05, 4.69) is 41.3 Å². The minimum Gasteiger partial charge on any atom is -0.351 e. The summed E-state index contributed by atoms with van der Waals surface area (Å²) in [6.07, 6.45) is 6.54. The average molecular weight is 337 g/mol. The predicted octanol–water partition coefficient (Wildman–Crippen LogP) is 3.24. The molecule has 1 aliphatic rings. The van der Waals surface area contributed by atoms with Crippen molar-refractivity contribution in [3.05, 3.63) is 47.4 Å². The third-order valence-electron chi connectivity index (χ3n) is 5.37. The number of benzene rings is 1. The fraction of sp³-hybridized carbons (Fsp3) is 0.421. The van der Waals surface area contributed by atoms with E-state index in [0.29, 0.717) is 11.7 Å². The standard InChI is InChI=1S/C19H23N5O/c1-13-5-6-17-16(14(13)2)12-18(21-17)19(25)23-9-3-4-15(7-10-23)24-11-8-20-22-24/h5-6,8,11-12,15,21H,3-4,7,9-10H2,1-2H3. The van der Waals surface area contributed by atoms with E-state index in [9.17, 15) is 4.79 Å². The van der Waals surface area contributed by atoms with Crippen molar-refractivity contribution in [1.82, 2.24) is 24.9 Å². The normalized spacial score (nSPS) is 18.5. The molecule has 130 valence electrons. The van der Waals surface area contributed by atoms with Crippen LogP contribution in [0, 0.1) is 13.8 Å². The zero-order valence-corrected chi connectivity index (χ0v) is 14.7. The van der Waals surface area contributed by atoms with Crippen LogP contribution in [-0.4, -0.2) is 43.9 Å². The lowest BCUT2D eigenvalue weighted by Gasteiger charge is -2.20. The lowest BCUT2D eigenvalue weighted by molar-refractivity contribution is 0.0755. The molecular weight excluding hydrogens is 314 g/mol. The van der Waals surface area contributed by atoms with E-state index in [1.807, 2.05) is 21.8 Å². The van der Waals surface area contributed by atoms with Gasteiger partial charge in [-0.3, -0.25) is 4.79 Å². The summed E-state index contributed by atoms with van der Waals surface area (Å²) in [6.45, 7) is 5.74. The highest BCUT2D eigenvalue weighted by molar-refractivity contribution is 5.99. The number of hydrogen-bond acceptors (Lipinski definition) is 3. The summed E-state index contributed by atoms with van der Waals surface area (Å²) >= 11 is 0. The molecule has 3 aromatic rings. The summed E-state index contributed by atoms with van der Waals surface area (Å²) in [6, 6.07) is 6.47. The van der Waals surface area contributed by atoms with Gasteiger partial charge in [-0.25, -0.2) is 4.68 Å². The minimum atomic E-state index is 0.0903. The highest BCUT2D eigenvalue weighted by Gasteiger charge is 2.24. The third kappa shape index (κ3) is 2.92. The number of rotatable bonds is 2. The maximum atomic E-state index is 13.0. The number of nitrogens with one attached hydrogen (secondary N) is 1. The first kappa shape index (κ1) is 15.9. The van der Waals surface area contributed by atoms with E-state index in [0.717, 1.165) is 43.3 Å². The van der Waals surface area contributed by atoms with Crippen molar-refractivity contribution in [2.75, 3.05) is 13.1 Å². The SMILES string of the molecule is Cc1ccc2[nH]c(C(=O)N3CCCC(n4ccnn4)CC3)cc2c1C. The molecule has 2 aromatic heterocycles. The molecular formula is C19H23N5O. The lowest BCUT2D eigenvalue weighted by Crippen LogP contribution is -2.32. The Kier molecular flexibility index (Phi) is 4.03. The van der Waals surface area contributed by atoms with Gasteiger partial charge >= 0.3 is 0 Å². The predicted molar refractivity (Wildman–Crippen MR) is 96.6 cm³/mol. The maximum Gasteiger partial charge on any atom is 0.270 e. The van der Waals surface area contributed by atoms with Crippen LogP contribution in [0.4, 0.5) is 0 Å². The Bertz CT molecular complexity index is 896. The largest absolute Gasteiger partial charge is 0.351 e. The molecule has 25 heavy (non-hydrogen) atoms. The summed E-state index contributed by atoms with van der Waals surface area (Å²) < 4.78 is 1.92. The number of aromatic nitrogens is 4. The molecule has 1 aromatic carbocycles. The molecule has 1 atom stereocenters. The number of aryl methyl sites for hydroxylation is 2. The van der Waals surface area contributed by atoms with Crippen LogP contribution >= 0.6 is 0 Å². The van der Waals surface area contributed by atoms with Crippen LogP contribution in [-0.2, 0) is 0 Å². The Labute approximate surface area is 146 Å². The molecule has 0 bridgehead atoms. The van der Waals surface area contributed by atoms with Gasteiger partial charge < -0.3 is 9.88 Å². The van der Waals surface area contributed by atoms with Gasteiger partial charge in [0.15, 0.2) is 0 Å². The first-order valence-electron chi connectivity index (χ1n) is 8.87. The molecule has 6 nitrogen and oxygen atoms in total. The molecule has 1 saturated heterocycles. The highest BCUT2D eigenvalue weighted by atomic mass is 16.2. The maximum absolute atomic E-state index is 13.0. The topological polar surface area (TPSA) is 66.8 Å². The van der Waals surface area contributed by atoms with E-state index in [1.54, 1.807) is 6.20 Å². The first-order valence-corrected chi connectivity index (χ1v) is 8.87. The minimum absolute atomic E-state index is 0.0903. The molecule has 4 rings (SSSR count). The van der Waals surface area contributed by atoms with E-state index < -0.39 is 0 Å². The number of aromatic amines is 1. The van der Waals surface area contributed by atoms with Crippen molar-refractivity contribution in [3.8, 4) is 0 Å². The lowest BCUT2D eigenvalue weighted by atomic mass is 10.1. The first-order chi connectivity index (χ1) is 12.1. The molecule has 1 unspecified atom stereocenters. The number of fused-ring (bicyclic) bond motifs is 1. The van der Waals surface area contributed by atoms with Crippen molar-refractivity contribution in [2.45, 2.75) is 39.2 Å². The van der Waals surface area contributed by atoms with Gasteiger partial charge in [-0.05, 0) is 56.4 Å². The van der Waals surface area contributed by atoms with Crippen LogP contribution in [0.5, 0.6) is 0 Å². The summed E-state index contributed by atoms with van der Waals surface area (Å²) in [5.41, 5.74) is 4.19. The molecule has 0 saturated carbocycles. The van der Waals surface area contributed by atoms with Gasteiger partial charge in [0.2, 0.25) is 0 Å². The molecule has 0 aliphatic carbocycles. The van der Waals surface area contributed by atoms with Gasteiger partial charge in [-0.15, -0.1) is 5.10 Å². The number of amides is 1. The van der Waals surface area contributed by atoms with Crippen LogP contribution in [0.3, 0.4) is 0 Å². The summed E-state index contributed by atoms with van der Waals surface area (Å²) in [5, 5.41) is 9.15. The fourth-order valence-electron chi connectivity index (χ4n) is 3.70. The van der Waals surface area contributed by atoms with Gasteiger partial charge in [0, 0.05) is 30.2 Å². The highest BCUT2D eigenvalue weighted by Crippen LogP contribution is 2.25. The van der Waals surface area contributed by atoms with E-state index in [-0.39, 0.29) is 5.91 Å². The Balaban J connectivity index is 1.54. The summed E-state index contributed by atoms with van der Waals surface area (Å²) in [5.74, 6) is 0.0903. The van der Waals surface area contributed by atoms with Gasteiger partial charge in [0.25, 0.3) is 5.91 Å². The van der Waals surface area contributed by atoms with Crippen LogP contribution in [0.15, 0.2) is 30.6 Å². The third-order valence-corrected chi connectivity index (χ3v) is 5.37. The smallest absolute Gasteiger partial charge is 0.270 e. The molecule has 6 heteroatoms. The zero-order valence-electron chi connectivity index (χ0n) is 14.7. The molecule has 0 spiro atoms. The van der Waals surface area contributed by atoms with Crippen LogP contribution in [0.25, 0.3) is 10.9 Å². The monoisotopic (exact) mass is 337 g/mol. The zero-order chi connectivity index (χ0) is 17.4. The van der Waals surface area contributed by atoms with Crippen LogP contribution in [0.2, 0.25) is 0 Å². The van der Waals surface area contributed by atoms with Crippen molar-refractivity contribution in [2.24, 2.45) is 0 Å². The Morgan fingerprint density at radius 2 is 2.12 bits per heavy atom. The summed E-state index contributed by atoms with van der Waals surface area (Å²) in [4.78, 5) is 18.2. The number of carbonyl (C=O) groups is 1. The molecule has 1 aliphatic heterocycles. The second-order valence-corrected chi connectivity index (χ2v) is 6.91. The number of likely N-dealkylation sites (tertiary alicyclic amines) is 1. The number of nitrogens with zero attached hydrogens (tertiary/aromatic N) is 4. The van der Waals surface area contributed by atoms with Crippen molar-refractivity contribution in [1.29, 1.82) is 0 Å². The van der Waals surface area contributed by atoms with Crippen LogP contribution < -0.4 is 0 Å². The van der Waals surface area contributed by atoms with Crippen molar-refractivity contribution in [3.63, 3.8) is 0 Å². The van der Waals surface area contributed by atoms with Gasteiger partial charge in [-0.1, -0.05) is 11.3 Å². The Hall–Kier alpha value is -2.63. The number of hydrogen-bond donors (Lipinski definition) is 1. The van der Waals surface area contributed by atoms with Crippen LogP contribution in [0.1, 0.15) is 46.9 Å². The molecule has 1 amide bonds. The van der Waals surface area contributed by atoms with Gasteiger partial charge in [0.1, 0.15) is 5.69 Å². The summed E-state index contributed by atoms with van der Waals surface area (Å²) in [7, 11) is 0. The quantitative estimate of drug-likeness (QED) is 0.780. The average Bonchev–Trinajstić information content (AvgIpc) is 3.23. The van der Waals surface area contributed by atoms with Gasteiger partial charge in [-0.2, -0.15) is 0 Å². The Morgan fingerprint density at radius 3 is 2.92 bits per heavy atom. The molecule has 3 heterocycles. The molecule has 1 fully saturated rings. The fourth-order valence-corrected chi connectivity index (χ4v) is 3.70. The van der Waals surface area contributed by atoms with E-state index >= 15 is 0 Å². The Morgan fingerprint density at radius 1 is 1.24 bits per heavy atom. The molecule has 0 radical (unpaired) electrons.